The van der Waals surface area contributed by atoms with E-state index >= 15 is 0 Å². The zero-order valence-corrected chi connectivity index (χ0v) is 15.9. The van der Waals surface area contributed by atoms with Crippen LogP contribution in [0.15, 0.2) is 41.4 Å². The Morgan fingerprint density at radius 2 is 2.00 bits per heavy atom. The van der Waals surface area contributed by atoms with E-state index in [-0.39, 0.29) is 5.41 Å². The van der Waals surface area contributed by atoms with Crippen molar-refractivity contribution in [2.45, 2.75) is 34.2 Å². The molecular weight excluding hydrogens is 334 g/mol. The van der Waals surface area contributed by atoms with E-state index in [1.54, 1.807) is 0 Å². The maximum absolute atomic E-state index is 4.02. The highest BCUT2D eigenvalue weighted by Crippen LogP contribution is 2.21. The molecule has 0 unspecified atom stereocenters. The minimum absolute atomic E-state index is 0.0610. The van der Waals surface area contributed by atoms with Gasteiger partial charge in [0.2, 0.25) is 0 Å². The molecule has 0 bridgehead atoms. The van der Waals surface area contributed by atoms with Crippen LogP contribution in [0.3, 0.4) is 0 Å². The lowest BCUT2D eigenvalue weighted by atomic mass is 9.98. The Bertz CT molecular complexity index is 609. The number of rotatable bonds is 5. The molecule has 1 rings (SSSR count). The third-order valence-electron chi connectivity index (χ3n) is 2.97. The molecular formula is C20H26BrN. The number of likely N-dealkylation sites (N-methyl/N-ethyl adjacent to an activating group) is 1. The van der Waals surface area contributed by atoms with Crippen molar-refractivity contribution in [1.29, 1.82) is 0 Å². The zero-order chi connectivity index (χ0) is 16.8. The molecule has 0 amide bonds. The number of hydrogen-bond acceptors (Lipinski definition) is 1. The van der Waals surface area contributed by atoms with Crippen LogP contribution in [0.5, 0.6) is 0 Å². The smallest absolute Gasteiger partial charge is 0.0234 e. The summed E-state index contributed by atoms with van der Waals surface area (Å²) >= 11 is 3.57. The van der Waals surface area contributed by atoms with Gasteiger partial charge in [0, 0.05) is 23.0 Å². The summed E-state index contributed by atoms with van der Waals surface area (Å²) in [7, 11) is 2.11. The molecule has 0 radical (unpaired) electrons. The minimum Gasteiger partial charge on any atom is -0.298 e. The number of benzene rings is 1. The van der Waals surface area contributed by atoms with Crippen LogP contribution in [0, 0.1) is 17.3 Å². The molecule has 1 aromatic carbocycles. The standard InChI is InChI=1S/C20H26BrN/c1-16(2)18-12-17(13-19(21)14-18)15-22(6)11-9-7-8-10-20(3,4)5/h7,9,12-14H,1,11,15H2,2-6H3/b9-7+. The largest absolute Gasteiger partial charge is 0.298 e. The van der Waals surface area contributed by atoms with Crippen molar-refractivity contribution in [3.63, 3.8) is 0 Å². The van der Waals surface area contributed by atoms with Crippen molar-refractivity contribution in [2.24, 2.45) is 5.41 Å². The van der Waals surface area contributed by atoms with Gasteiger partial charge in [0.25, 0.3) is 0 Å². The quantitative estimate of drug-likeness (QED) is 0.625. The van der Waals surface area contributed by atoms with E-state index in [0.717, 1.165) is 23.1 Å². The highest BCUT2D eigenvalue weighted by Gasteiger charge is 2.04. The predicted molar refractivity (Wildman–Crippen MR) is 102 cm³/mol. The summed E-state index contributed by atoms with van der Waals surface area (Å²) in [5.74, 6) is 6.30. The van der Waals surface area contributed by atoms with Crippen molar-refractivity contribution in [1.82, 2.24) is 4.90 Å². The monoisotopic (exact) mass is 359 g/mol. The molecule has 0 heterocycles. The van der Waals surface area contributed by atoms with Gasteiger partial charge in [0.15, 0.2) is 0 Å². The Hall–Kier alpha value is -1.30. The van der Waals surface area contributed by atoms with Crippen molar-refractivity contribution < 1.29 is 0 Å². The fourth-order valence-electron chi connectivity index (χ4n) is 1.91. The van der Waals surface area contributed by atoms with Gasteiger partial charge >= 0.3 is 0 Å². The van der Waals surface area contributed by atoms with Gasteiger partial charge in [0.05, 0.1) is 0 Å². The lowest BCUT2D eigenvalue weighted by Gasteiger charge is -2.15. The number of nitrogens with zero attached hydrogens (tertiary/aromatic N) is 1. The van der Waals surface area contributed by atoms with Crippen molar-refractivity contribution in [3.05, 3.63) is 52.5 Å². The van der Waals surface area contributed by atoms with Crippen LogP contribution in [-0.4, -0.2) is 18.5 Å². The number of hydrogen-bond donors (Lipinski definition) is 0. The molecule has 118 valence electrons. The van der Waals surface area contributed by atoms with Gasteiger partial charge in [-0.25, -0.2) is 0 Å². The molecule has 0 saturated carbocycles. The Kier molecular flexibility index (Phi) is 7.13. The van der Waals surface area contributed by atoms with E-state index in [2.05, 4.69) is 91.3 Å². The van der Waals surface area contributed by atoms with Crippen LogP contribution in [0.1, 0.15) is 38.8 Å². The maximum atomic E-state index is 4.02. The second-order valence-corrected chi connectivity index (χ2v) is 7.66. The molecule has 1 nitrogen and oxygen atoms in total. The zero-order valence-electron chi connectivity index (χ0n) is 14.3. The van der Waals surface area contributed by atoms with Crippen LogP contribution in [0.4, 0.5) is 0 Å². The van der Waals surface area contributed by atoms with E-state index in [0.29, 0.717) is 0 Å². The third-order valence-corrected chi connectivity index (χ3v) is 3.43. The van der Waals surface area contributed by atoms with Crippen LogP contribution >= 0.6 is 15.9 Å². The van der Waals surface area contributed by atoms with Crippen molar-refractivity contribution in [3.8, 4) is 11.8 Å². The second-order valence-electron chi connectivity index (χ2n) is 6.75. The van der Waals surface area contributed by atoms with E-state index in [9.17, 15) is 0 Å². The second kappa shape index (κ2) is 8.36. The average molecular weight is 360 g/mol. The summed E-state index contributed by atoms with van der Waals surface area (Å²) in [5.41, 5.74) is 3.61. The van der Waals surface area contributed by atoms with Crippen LogP contribution in [-0.2, 0) is 6.54 Å². The summed E-state index contributed by atoms with van der Waals surface area (Å²) in [6.45, 7) is 14.2. The highest BCUT2D eigenvalue weighted by molar-refractivity contribution is 9.10. The minimum atomic E-state index is 0.0610. The van der Waals surface area contributed by atoms with E-state index in [1.165, 1.54) is 11.1 Å². The summed E-state index contributed by atoms with van der Waals surface area (Å²) in [4.78, 5) is 2.26. The van der Waals surface area contributed by atoms with Gasteiger partial charge in [-0.3, -0.25) is 4.90 Å². The average Bonchev–Trinajstić information content (AvgIpc) is 2.36. The van der Waals surface area contributed by atoms with Crippen LogP contribution in [0.25, 0.3) is 5.57 Å². The summed E-state index contributed by atoms with van der Waals surface area (Å²) in [6.07, 6.45) is 4.05. The first kappa shape index (κ1) is 18.7. The molecule has 0 aliphatic rings. The van der Waals surface area contributed by atoms with Gasteiger partial charge in [-0.05, 0) is 64.1 Å². The van der Waals surface area contributed by atoms with Gasteiger partial charge in [-0.15, -0.1) is 0 Å². The molecule has 0 spiro atoms. The third kappa shape index (κ3) is 7.64. The predicted octanol–water partition coefficient (Wildman–Crippen LogP) is 5.52. The highest BCUT2D eigenvalue weighted by atomic mass is 79.9. The maximum Gasteiger partial charge on any atom is 0.0234 e. The Morgan fingerprint density at radius 3 is 2.59 bits per heavy atom. The van der Waals surface area contributed by atoms with Gasteiger partial charge in [-0.1, -0.05) is 52.1 Å². The molecule has 0 saturated heterocycles. The van der Waals surface area contributed by atoms with Gasteiger partial charge in [0.1, 0.15) is 0 Å². The first-order valence-corrected chi connectivity index (χ1v) is 8.28. The Balaban J connectivity index is 2.62. The molecule has 0 aliphatic heterocycles. The Labute approximate surface area is 144 Å². The van der Waals surface area contributed by atoms with E-state index in [1.807, 2.05) is 13.0 Å². The SMILES string of the molecule is C=C(C)c1cc(Br)cc(CN(C)C/C=C/C#CC(C)(C)C)c1. The summed E-state index contributed by atoms with van der Waals surface area (Å²) in [6, 6.07) is 6.46. The summed E-state index contributed by atoms with van der Waals surface area (Å²) in [5, 5.41) is 0. The van der Waals surface area contributed by atoms with Crippen molar-refractivity contribution >= 4 is 21.5 Å². The fourth-order valence-corrected chi connectivity index (χ4v) is 2.45. The lowest BCUT2D eigenvalue weighted by Crippen LogP contribution is -2.17. The van der Waals surface area contributed by atoms with E-state index < -0.39 is 0 Å². The van der Waals surface area contributed by atoms with Gasteiger partial charge in [-0.2, -0.15) is 0 Å². The van der Waals surface area contributed by atoms with Crippen LogP contribution in [0.2, 0.25) is 0 Å². The molecule has 2 heteroatoms. The lowest BCUT2D eigenvalue weighted by molar-refractivity contribution is 0.363. The molecule has 0 aliphatic carbocycles. The van der Waals surface area contributed by atoms with Crippen molar-refractivity contribution in [2.75, 3.05) is 13.6 Å². The topological polar surface area (TPSA) is 3.24 Å². The first-order valence-electron chi connectivity index (χ1n) is 7.49. The Morgan fingerprint density at radius 1 is 1.32 bits per heavy atom. The molecule has 0 fully saturated rings. The molecule has 1 aromatic rings. The number of halogens is 1. The molecule has 0 aromatic heterocycles. The molecule has 0 N–H and O–H groups in total. The molecule has 0 atom stereocenters. The van der Waals surface area contributed by atoms with Gasteiger partial charge < -0.3 is 0 Å². The van der Waals surface area contributed by atoms with E-state index in [4.69, 9.17) is 0 Å². The molecule has 22 heavy (non-hydrogen) atoms. The first-order chi connectivity index (χ1) is 10.2. The summed E-state index contributed by atoms with van der Waals surface area (Å²) < 4.78 is 1.10. The number of allylic oxidation sites excluding steroid dienone is 2. The fraction of sp³-hybridized carbons (Fsp3) is 0.400. The van der Waals surface area contributed by atoms with Crippen LogP contribution < -0.4 is 0 Å². The normalized spacial score (nSPS) is 11.6.